The fourth-order valence-corrected chi connectivity index (χ4v) is 2.63. The fraction of sp³-hybridized carbons (Fsp3) is 0.176. The summed E-state index contributed by atoms with van der Waals surface area (Å²) in [5.41, 5.74) is -0.0797. The Morgan fingerprint density at radius 3 is 2.04 bits per heavy atom. The van der Waals surface area contributed by atoms with Gasteiger partial charge in [0.15, 0.2) is 27.6 Å². The number of halogens is 2. The Morgan fingerprint density at radius 1 is 0.960 bits per heavy atom. The number of sulfone groups is 1. The van der Waals surface area contributed by atoms with Gasteiger partial charge in [-0.05, 0) is 49.4 Å². The molecule has 0 bridgehead atoms. The van der Waals surface area contributed by atoms with E-state index in [9.17, 15) is 26.8 Å². The molecule has 0 N–H and O–H groups in total. The predicted octanol–water partition coefficient (Wildman–Crippen LogP) is 2.80. The third kappa shape index (κ3) is 4.48. The number of hydrogen-bond donors (Lipinski definition) is 0. The summed E-state index contributed by atoms with van der Waals surface area (Å²) in [5, 5.41) is 0. The minimum absolute atomic E-state index is 0.0370. The molecule has 2 rings (SSSR count). The number of ether oxygens (including phenoxy) is 1. The van der Waals surface area contributed by atoms with Crippen LogP contribution in [-0.4, -0.2) is 32.5 Å². The van der Waals surface area contributed by atoms with Crippen LogP contribution in [0.2, 0.25) is 0 Å². The van der Waals surface area contributed by atoms with Gasteiger partial charge in [0.2, 0.25) is 5.78 Å². The average Bonchev–Trinajstić information content (AvgIpc) is 2.56. The summed E-state index contributed by atoms with van der Waals surface area (Å²) in [6, 6.07) is 7.62. The van der Waals surface area contributed by atoms with E-state index >= 15 is 0 Å². The van der Waals surface area contributed by atoms with Crippen LogP contribution in [0.1, 0.15) is 27.6 Å². The van der Waals surface area contributed by atoms with E-state index in [4.69, 9.17) is 4.74 Å². The van der Waals surface area contributed by atoms with Gasteiger partial charge in [0.05, 0.1) is 10.5 Å². The van der Waals surface area contributed by atoms with E-state index in [2.05, 4.69) is 0 Å². The minimum atomic E-state index is -3.40. The first-order valence-corrected chi connectivity index (χ1v) is 8.99. The smallest absolute Gasteiger partial charge is 0.338 e. The van der Waals surface area contributed by atoms with Crippen molar-refractivity contribution in [2.24, 2.45) is 0 Å². The number of carbonyl (C=O) groups is 2. The second kappa shape index (κ2) is 7.10. The highest BCUT2D eigenvalue weighted by Gasteiger charge is 2.21. The van der Waals surface area contributed by atoms with Crippen molar-refractivity contribution in [1.29, 1.82) is 0 Å². The molecule has 1 unspecified atom stereocenters. The molecule has 2 aromatic rings. The second-order valence-corrected chi connectivity index (χ2v) is 7.35. The Labute approximate surface area is 143 Å². The van der Waals surface area contributed by atoms with Crippen molar-refractivity contribution in [2.75, 3.05) is 6.26 Å². The second-order valence-electron chi connectivity index (χ2n) is 5.34. The van der Waals surface area contributed by atoms with E-state index < -0.39 is 39.3 Å². The molecule has 0 aliphatic carbocycles. The largest absolute Gasteiger partial charge is 0.451 e. The summed E-state index contributed by atoms with van der Waals surface area (Å²) in [6.07, 6.45) is -0.199. The maximum Gasteiger partial charge on any atom is 0.338 e. The lowest BCUT2D eigenvalue weighted by Gasteiger charge is -2.12. The molecule has 0 fully saturated rings. The van der Waals surface area contributed by atoms with Crippen molar-refractivity contribution >= 4 is 21.6 Å². The minimum Gasteiger partial charge on any atom is -0.451 e. The number of carbonyl (C=O) groups excluding carboxylic acids is 2. The van der Waals surface area contributed by atoms with E-state index in [1.807, 2.05) is 0 Å². The Hall–Kier alpha value is -2.61. The van der Waals surface area contributed by atoms with Gasteiger partial charge in [-0.2, -0.15) is 0 Å². The zero-order chi connectivity index (χ0) is 18.8. The highest BCUT2D eigenvalue weighted by molar-refractivity contribution is 7.90. The number of hydrogen-bond acceptors (Lipinski definition) is 5. The zero-order valence-corrected chi connectivity index (χ0v) is 14.1. The lowest BCUT2D eigenvalue weighted by Crippen LogP contribution is -2.24. The van der Waals surface area contributed by atoms with Gasteiger partial charge in [-0.3, -0.25) is 4.79 Å². The SMILES string of the molecule is CC(OC(=O)c1ccc(S(C)(=O)=O)cc1)C(=O)c1ccc(F)c(F)c1. The number of ketones is 1. The van der Waals surface area contributed by atoms with Crippen LogP contribution in [0, 0.1) is 11.6 Å². The summed E-state index contributed by atoms with van der Waals surface area (Å²) in [5.74, 6) is -3.81. The first-order chi connectivity index (χ1) is 11.6. The summed E-state index contributed by atoms with van der Waals surface area (Å²) in [7, 11) is -3.40. The first-order valence-electron chi connectivity index (χ1n) is 7.10. The van der Waals surface area contributed by atoms with E-state index in [0.717, 1.165) is 24.5 Å². The van der Waals surface area contributed by atoms with Crippen molar-refractivity contribution in [2.45, 2.75) is 17.9 Å². The molecular formula is C17H14F2O5S. The fourth-order valence-electron chi connectivity index (χ4n) is 2.00. The topological polar surface area (TPSA) is 77.5 Å². The number of rotatable bonds is 5. The highest BCUT2D eigenvalue weighted by Crippen LogP contribution is 2.15. The van der Waals surface area contributed by atoms with Crippen LogP contribution in [0.15, 0.2) is 47.4 Å². The van der Waals surface area contributed by atoms with Crippen molar-refractivity contribution in [3.8, 4) is 0 Å². The standard InChI is InChI=1S/C17H14F2O5S/c1-10(16(20)12-5-8-14(18)15(19)9-12)24-17(21)11-3-6-13(7-4-11)25(2,22)23/h3-10H,1-2H3. The van der Waals surface area contributed by atoms with Gasteiger partial charge in [0.25, 0.3) is 0 Å². The Morgan fingerprint density at radius 2 is 1.52 bits per heavy atom. The Kier molecular flexibility index (Phi) is 5.32. The maximum absolute atomic E-state index is 13.2. The molecule has 8 heteroatoms. The summed E-state index contributed by atoms with van der Waals surface area (Å²) >= 11 is 0. The van der Waals surface area contributed by atoms with Crippen molar-refractivity contribution in [3.05, 3.63) is 65.2 Å². The quantitative estimate of drug-likeness (QED) is 0.599. The van der Waals surface area contributed by atoms with Crippen LogP contribution >= 0.6 is 0 Å². The van der Waals surface area contributed by atoms with Crippen molar-refractivity contribution in [3.63, 3.8) is 0 Å². The lowest BCUT2D eigenvalue weighted by molar-refractivity contribution is 0.0318. The molecule has 0 amide bonds. The van der Waals surface area contributed by atoms with Crippen LogP contribution in [-0.2, 0) is 14.6 Å². The number of Topliss-reactive ketones (excluding diaryl/α,β-unsaturated/α-hetero) is 1. The van der Waals surface area contributed by atoms with Crippen LogP contribution in [0.4, 0.5) is 8.78 Å². The molecule has 25 heavy (non-hydrogen) atoms. The molecule has 1 atom stereocenters. The van der Waals surface area contributed by atoms with Gasteiger partial charge in [0.1, 0.15) is 0 Å². The van der Waals surface area contributed by atoms with Crippen molar-refractivity contribution < 1.29 is 31.5 Å². The van der Waals surface area contributed by atoms with Gasteiger partial charge < -0.3 is 4.74 Å². The maximum atomic E-state index is 13.2. The summed E-state index contributed by atoms with van der Waals surface area (Å²) < 4.78 is 53.8. The molecule has 0 aromatic heterocycles. The molecule has 132 valence electrons. The van der Waals surface area contributed by atoms with Gasteiger partial charge in [-0.1, -0.05) is 0 Å². The van der Waals surface area contributed by atoms with Crippen LogP contribution < -0.4 is 0 Å². The van der Waals surface area contributed by atoms with Gasteiger partial charge in [0, 0.05) is 11.8 Å². The molecule has 5 nitrogen and oxygen atoms in total. The third-order valence-corrected chi connectivity index (χ3v) is 4.50. The van der Waals surface area contributed by atoms with Crippen LogP contribution in [0.25, 0.3) is 0 Å². The predicted molar refractivity (Wildman–Crippen MR) is 85.1 cm³/mol. The molecule has 0 heterocycles. The van der Waals surface area contributed by atoms with Crippen molar-refractivity contribution in [1.82, 2.24) is 0 Å². The molecule has 0 saturated carbocycles. The number of esters is 1. The van der Waals surface area contributed by atoms with E-state index in [-0.39, 0.29) is 16.0 Å². The Balaban J connectivity index is 2.11. The van der Waals surface area contributed by atoms with E-state index in [1.54, 1.807) is 0 Å². The molecular weight excluding hydrogens is 354 g/mol. The van der Waals surface area contributed by atoms with Crippen LogP contribution in [0.5, 0.6) is 0 Å². The summed E-state index contributed by atoms with van der Waals surface area (Å²) in [4.78, 5) is 24.2. The first kappa shape index (κ1) is 18.7. The highest BCUT2D eigenvalue weighted by atomic mass is 32.2. The van der Waals surface area contributed by atoms with Gasteiger partial charge >= 0.3 is 5.97 Å². The third-order valence-electron chi connectivity index (χ3n) is 3.38. The zero-order valence-electron chi connectivity index (χ0n) is 13.3. The Bertz CT molecular complexity index is 921. The normalized spacial score (nSPS) is 12.5. The molecule has 0 spiro atoms. The van der Waals surface area contributed by atoms with Gasteiger partial charge in [-0.15, -0.1) is 0 Å². The molecule has 2 aromatic carbocycles. The molecule has 0 saturated heterocycles. The van der Waals surface area contributed by atoms with Gasteiger partial charge in [-0.25, -0.2) is 22.0 Å². The number of benzene rings is 2. The molecule has 0 aliphatic heterocycles. The molecule has 0 radical (unpaired) electrons. The van der Waals surface area contributed by atoms with E-state index in [0.29, 0.717) is 0 Å². The average molecular weight is 368 g/mol. The lowest BCUT2D eigenvalue weighted by atomic mass is 10.1. The summed E-state index contributed by atoms with van der Waals surface area (Å²) in [6.45, 7) is 1.30. The van der Waals surface area contributed by atoms with E-state index in [1.165, 1.54) is 31.2 Å². The monoisotopic (exact) mass is 368 g/mol. The molecule has 0 aliphatic rings. The van der Waals surface area contributed by atoms with Crippen LogP contribution in [0.3, 0.4) is 0 Å².